The van der Waals surface area contributed by atoms with Crippen LogP contribution in [0.3, 0.4) is 0 Å². The maximum atomic E-state index is 5.97. The molecule has 1 aromatic heterocycles. The van der Waals surface area contributed by atoms with Gasteiger partial charge in [0.15, 0.2) is 0 Å². The number of hydrogen-bond donors (Lipinski definition) is 1. The van der Waals surface area contributed by atoms with E-state index >= 15 is 0 Å². The molecule has 0 saturated heterocycles. The van der Waals surface area contributed by atoms with Gasteiger partial charge in [0.2, 0.25) is 5.88 Å². The molecule has 1 aliphatic rings. The number of rotatable bonds is 4. The molecule has 0 unspecified atom stereocenters. The van der Waals surface area contributed by atoms with Crippen LogP contribution in [0.2, 0.25) is 0 Å². The van der Waals surface area contributed by atoms with Crippen LogP contribution in [0.5, 0.6) is 11.6 Å². The van der Waals surface area contributed by atoms with Crippen LogP contribution in [-0.2, 0) is 0 Å². The third-order valence-electron chi connectivity index (χ3n) is 3.74. The second kappa shape index (κ2) is 5.05. The minimum absolute atomic E-state index is 0.248. The fourth-order valence-corrected chi connectivity index (χ4v) is 2.46. The second-order valence-electron chi connectivity index (χ2n) is 5.02. The minimum atomic E-state index is 0.248. The maximum Gasteiger partial charge on any atom is 0.221 e. The van der Waals surface area contributed by atoms with Crippen molar-refractivity contribution in [3.63, 3.8) is 0 Å². The highest BCUT2D eigenvalue weighted by Gasteiger charge is 2.30. The third-order valence-corrected chi connectivity index (χ3v) is 3.74. The van der Waals surface area contributed by atoms with Gasteiger partial charge in [-0.25, -0.2) is 4.98 Å². The van der Waals surface area contributed by atoms with E-state index in [1.807, 2.05) is 24.3 Å². The fourth-order valence-electron chi connectivity index (χ4n) is 2.46. The zero-order chi connectivity index (χ0) is 13.2. The molecular weight excluding hydrogens is 240 g/mol. The van der Waals surface area contributed by atoms with E-state index in [4.69, 9.17) is 15.2 Å². The third kappa shape index (κ3) is 2.36. The Kier molecular flexibility index (Phi) is 3.25. The molecule has 0 amide bonds. The number of nitrogens with zero attached hydrogens (tertiary/aromatic N) is 1. The van der Waals surface area contributed by atoms with Gasteiger partial charge in [-0.15, -0.1) is 0 Å². The van der Waals surface area contributed by atoms with E-state index < -0.39 is 0 Å². The maximum absolute atomic E-state index is 5.97. The average Bonchev–Trinajstić information content (AvgIpc) is 2.41. The second-order valence-corrected chi connectivity index (χ2v) is 5.02. The summed E-state index contributed by atoms with van der Waals surface area (Å²) in [4.78, 5) is 4.35. The van der Waals surface area contributed by atoms with E-state index in [0.717, 1.165) is 35.9 Å². The Hall–Kier alpha value is -1.81. The average molecular weight is 258 g/mol. The lowest BCUT2D eigenvalue weighted by molar-refractivity contribution is 0.0664. The topological polar surface area (TPSA) is 57.4 Å². The van der Waals surface area contributed by atoms with E-state index in [9.17, 15) is 0 Å². The van der Waals surface area contributed by atoms with Gasteiger partial charge in [0, 0.05) is 11.6 Å². The van der Waals surface area contributed by atoms with Crippen LogP contribution in [0.25, 0.3) is 10.8 Å². The Balaban J connectivity index is 1.86. The van der Waals surface area contributed by atoms with Gasteiger partial charge in [0.05, 0.1) is 7.11 Å². The van der Waals surface area contributed by atoms with Gasteiger partial charge in [-0.05, 0) is 48.9 Å². The van der Waals surface area contributed by atoms with E-state index in [1.54, 1.807) is 13.3 Å². The van der Waals surface area contributed by atoms with E-state index in [0.29, 0.717) is 11.8 Å². The van der Waals surface area contributed by atoms with Crippen LogP contribution < -0.4 is 15.2 Å². The standard InChI is InChI=1S/C15H18N2O2/c1-18-12-3-2-11-4-5-17-15(14(11)8-12)19-13-6-10(7-13)9-16/h2-5,8,10,13H,6-7,9,16H2,1H3. The molecule has 1 fully saturated rings. The molecule has 1 aromatic carbocycles. The molecule has 1 aliphatic carbocycles. The van der Waals surface area contributed by atoms with Crippen molar-refractivity contribution in [2.24, 2.45) is 11.7 Å². The normalized spacial score (nSPS) is 22.0. The zero-order valence-electron chi connectivity index (χ0n) is 11.0. The summed E-state index contributed by atoms with van der Waals surface area (Å²) in [5.74, 6) is 2.12. The monoisotopic (exact) mass is 258 g/mol. The van der Waals surface area contributed by atoms with Crippen molar-refractivity contribution >= 4 is 10.8 Å². The summed E-state index contributed by atoms with van der Waals surface area (Å²) in [6.45, 7) is 0.747. The SMILES string of the molecule is COc1ccc2ccnc(OC3CC(CN)C3)c2c1. The Morgan fingerprint density at radius 1 is 1.32 bits per heavy atom. The number of pyridine rings is 1. The van der Waals surface area contributed by atoms with E-state index in [-0.39, 0.29) is 6.10 Å². The molecule has 100 valence electrons. The van der Waals surface area contributed by atoms with Gasteiger partial charge >= 0.3 is 0 Å². The molecule has 4 heteroatoms. The lowest BCUT2D eigenvalue weighted by Crippen LogP contribution is -2.37. The number of methoxy groups -OCH3 is 1. The van der Waals surface area contributed by atoms with Gasteiger partial charge in [0.25, 0.3) is 0 Å². The molecule has 3 rings (SSSR count). The number of aromatic nitrogens is 1. The van der Waals surface area contributed by atoms with Gasteiger partial charge in [0.1, 0.15) is 11.9 Å². The molecule has 1 saturated carbocycles. The Bertz CT molecular complexity index is 579. The van der Waals surface area contributed by atoms with E-state index in [1.165, 1.54) is 0 Å². The number of nitrogens with two attached hydrogens (primary N) is 1. The predicted molar refractivity (Wildman–Crippen MR) is 74.5 cm³/mol. The largest absolute Gasteiger partial charge is 0.497 e. The lowest BCUT2D eigenvalue weighted by atomic mass is 9.82. The van der Waals surface area contributed by atoms with Crippen molar-refractivity contribution in [3.05, 3.63) is 30.5 Å². The van der Waals surface area contributed by atoms with Crippen molar-refractivity contribution < 1.29 is 9.47 Å². The molecule has 19 heavy (non-hydrogen) atoms. The highest BCUT2D eigenvalue weighted by atomic mass is 16.5. The van der Waals surface area contributed by atoms with Crippen molar-refractivity contribution in [1.82, 2.24) is 4.98 Å². The fraction of sp³-hybridized carbons (Fsp3) is 0.400. The first-order valence-electron chi connectivity index (χ1n) is 6.59. The summed E-state index contributed by atoms with van der Waals surface area (Å²) in [5, 5.41) is 2.11. The van der Waals surface area contributed by atoms with Gasteiger partial charge < -0.3 is 15.2 Å². The number of fused-ring (bicyclic) bond motifs is 1. The predicted octanol–water partition coefficient (Wildman–Crippen LogP) is 2.36. The number of hydrogen-bond acceptors (Lipinski definition) is 4. The van der Waals surface area contributed by atoms with Crippen molar-refractivity contribution in [1.29, 1.82) is 0 Å². The number of ether oxygens (including phenoxy) is 2. The molecule has 0 spiro atoms. The molecule has 1 heterocycles. The van der Waals surface area contributed by atoms with Crippen LogP contribution in [-0.4, -0.2) is 24.7 Å². The summed E-state index contributed by atoms with van der Waals surface area (Å²) in [5.41, 5.74) is 5.63. The quantitative estimate of drug-likeness (QED) is 0.914. The molecule has 0 bridgehead atoms. The summed E-state index contributed by atoms with van der Waals surface area (Å²) in [7, 11) is 1.66. The Morgan fingerprint density at radius 3 is 2.89 bits per heavy atom. The van der Waals surface area contributed by atoms with Crippen molar-refractivity contribution in [2.45, 2.75) is 18.9 Å². The highest BCUT2D eigenvalue weighted by molar-refractivity contribution is 5.87. The molecule has 0 aliphatic heterocycles. The van der Waals surface area contributed by atoms with Crippen LogP contribution in [0.15, 0.2) is 30.5 Å². The Morgan fingerprint density at radius 2 is 2.16 bits per heavy atom. The molecule has 2 N–H and O–H groups in total. The van der Waals surface area contributed by atoms with Gasteiger partial charge in [-0.3, -0.25) is 0 Å². The first kappa shape index (κ1) is 12.2. The van der Waals surface area contributed by atoms with Crippen molar-refractivity contribution in [3.8, 4) is 11.6 Å². The van der Waals surface area contributed by atoms with E-state index in [2.05, 4.69) is 4.98 Å². The minimum Gasteiger partial charge on any atom is -0.497 e. The van der Waals surface area contributed by atoms with Gasteiger partial charge in [-0.2, -0.15) is 0 Å². The van der Waals surface area contributed by atoms with Crippen molar-refractivity contribution in [2.75, 3.05) is 13.7 Å². The molecule has 0 radical (unpaired) electrons. The lowest BCUT2D eigenvalue weighted by Gasteiger charge is -2.34. The first-order chi connectivity index (χ1) is 9.30. The summed E-state index contributed by atoms with van der Waals surface area (Å²) >= 11 is 0. The summed E-state index contributed by atoms with van der Waals surface area (Å²) in [6.07, 6.45) is 4.08. The highest BCUT2D eigenvalue weighted by Crippen LogP contribution is 2.33. The molecule has 2 aromatic rings. The molecule has 4 nitrogen and oxygen atoms in total. The zero-order valence-corrected chi connectivity index (χ0v) is 11.0. The Labute approximate surface area is 112 Å². The van der Waals surface area contributed by atoms with Crippen LogP contribution >= 0.6 is 0 Å². The van der Waals surface area contributed by atoms with Crippen LogP contribution in [0, 0.1) is 5.92 Å². The summed E-state index contributed by atoms with van der Waals surface area (Å²) < 4.78 is 11.2. The molecule has 0 atom stereocenters. The summed E-state index contributed by atoms with van der Waals surface area (Å²) in [6, 6.07) is 7.91. The van der Waals surface area contributed by atoms with Crippen LogP contribution in [0.1, 0.15) is 12.8 Å². The smallest absolute Gasteiger partial charge is 0.221 e. The number of benzene rings is 1. The molecular formula is C15H18N2O2. The van der Waals surface area contributed by atoms with Gasteiger partial charge in [-0.1, -0.05) is 6.07 Å². The first-order valence-corrected chi connectivity index (χ1v) is 6.59. The van der Waals surface area contributed by atoms with Crippen LogP contribution in [0.4, 0.5) is 0 Å².